The van der Waals surface area contributed by atoms with Gasteiger partial charge in [-0.25, -0.2) is 33.7 Å². The Hall–Kier alpha value is 1.17. The van der Waals surface area contributed by atoms with Crippen LogP contribution in [0.3, 0.4) is 0 Å². The van der Waals surface area contributed by atoms with Crippen LogP contribution in [-0.4, -0.2) is 160 Å². The van der Waals surface area contributed by atoms with E-state index in [1.165, 1.54) is 6.92 Å². The number of aliphatic hydroxyl groups excluding tert-OH is 3. The first-order chi connectivity index (χ1) is 23.9. The van der Waals surface area contributed by atoms with E-state index in [0.29, 0.717) is 76.0 Å². The van der Waals surface area contributed by atoms with Crippen molar-refractivity contribution in [2.45, 2.75) is 64.7 Å². The molecule has 5 unspecified atom stereocenters. The maximum Gasteiger partial charge on any atom is 2.00 e. The molecule has 0 amide bonds. The van der Waals surface area contributed by atoms with Crippen molar-refractivity contribution in [2.75, 3.05) is 86.4 Å². The van der Waals surface area contributed by atoms with Gasteiger partial charge in [0.1, 0.15) is 0 Å². The summed E-state index contributed by atoms with van der Waals surface area (Å²) in [5.74, 6) is -6.22. The monoisotopic (exact) mass is 1080 g/mol. The van der Waals surface area contributed by atoms with Gasteiger partial charge in [0.15, 0.2) is 0 Å². The summed E-state index contributed by atoms with van der Waals surface area (Å²) in [4.78, 5) is 11.3. The average Bonchev–Trinajstić information content (AvgIpc) is 2.98. The van der Waals surface area contributed by atoms with Crippen LogP contribution >= 0.6 is 15.8 Å². The zero-order chi connectivity index (χ0) is 40.0. The summed E-state index contributed by atoms with van der Waals surface area (Å²) in [6.07, 6.45) is 8.13. The first-order valence-electron chi connectivity index (χ1n) is 17.1. The van der Waals surface area contributed by atoms with Gasteiger partial charge in [0.2, 0.25) is 0 Å². The Kier molecular flexibility index (Phi) is 34.3. The summed E-state index contributed by atoms with van der Waals surface area (Å²) in [5.41, 5.74) is 0. The fourth-order valence-electron chi connectivity index (χ4n) is 5.89. The zero-order valence-corrected chi connectivity index (χ0v) is 38.5. The van der Waals surface area contributed by atoms with Gasteiger partial charge in [0.05, 0.1) is 47.1 Å². The van der Waals surface area contributed by atoms with E-state index < -0.39 is 129 Å². The van der Waals surface area contributed by atoms with Crippen molar-refractivity contribution in [1.29, 1.82) is 0 Å². The molecule has 0 aliphatic heterocycles. The van der Waals surface area contributed by atoms with Gasteiger partial charge in [-0.3, -0.25) is 4.79 Å². The third kappa shape index (κ3) is 37.4. The summed E-state index contributed by atoms with van der Waals surface area (Å²) in [6, 6.07) is 0. The van der Waals surface area contributed by atoms with E-state index in [9.17, 15) is 72.0 Å². The predicted molar refractivity (Wildman–Crippen MR) is 195 cm³/mol. The summed E-state index contributed by atoms with van der Waals surface area (Å²) >= 11 is 0. The van der Waals surface area contributed by atoms with Crippen LogP contribution < -0.4 is 0 Å². The zero-order valence-electron chi connectivity index (χ0n) is 30.3. The van der Waals surface area contributed by atoms with Crippen LogP contribution in [0.1, 0.15) is 64.7 Å². The number of aliphatic hydroxyl groups is 3. The number of ether oxygens (including phenoxy) is 1. The summed E-state index contributed by atoms with van der Waals surface area (Å²) in [5, 5.41) is 28.7. The van der Waals surface area contributed by atoms with Crippen molar-refractivity contribution in [3.05, 3.63) is 0 Å². The Morgan fingerprint density at radius 1 is 0.500 bits per heavy atom. The van der Waals surface area contributed by atoms with Crippen LogP contribution in [0, 0.1) is 23.7 Å². The molecule has 54 heavy (non-hydrogen) atoms. The van der Waals surface area contributed by atoms with Gasteiger partial charge in [0, 0.05) is 55.7 Å². The Balaban J connectivity index is -0.0000130. The van der Waals surface area contributed by atoms with E-state index in [4.69, 9.17) is 4.74 Å². The van der Waals surface area contributed by atoms with Gasteiger partial charge in [0.25, 0.3) is 0 Å². The molecule has 0 aromatic rings. The van der Waals surface area contributed by atoms with E-state index >= 15 is 0 Å². The molecule has 0 aromatic heterocycles. The fraction of sp³-hybridized carbons (Fsp3) is 0.966. The second-order valence-corrected chi connectivity index (χ2v) is 24.5. The molecular weight excluding hydrogens is 1020 g/mol. The maximum atomic E-state index is 11.4. The van der Waals surface area contributed by atoms with Gasteiger partial charge in [-0.2, -0.15) is 0 Å². The summed E-state index contributed by atoms with van der Waals surface area (Å²) in [7, 11) is -19.6. The number of hydrogen-bond donors (Lipinski definition) is 3. The molecule has 0 fully saturated rings. The molecule has 5 atom stereocenters. The van der Waals surface area contributed by atoms with Crippen LogP contribution in [0.2, 0.25) is 0 Å². The Bertz CT molecular complexity index is 1390. The molecule has 0 saturated carbocycles. The van der Waals surface area contributed by atoms with E-state index in [1.807, 2.05) is 0 Å². The second-order valence-electron chi connectivity index (χ2n) is 13.3. The van der Waals surface area contributed by atoms with Crippen LogP contribution in [0.4, 0.5) is 0 Å². The molecular formula is C29H56O17P2Pd2S4. The standard InChI is InChI=1S/C29H60O17P2S4.2Pd/c1-25(33)46-20-29(24-52(43,44)45)10-5-14-48(13-4-9-28(19-32)23-51(40,41)42)16-6-15-47(11-2-7-26(17-30)21-49(34,35)36)12-3-8-27(18-31)22-50(37,38)39;;/h26-32H,2-24H2,1H3,(H,34,35,36)(H,37,38,39)(H,40,41,42)(H,43,44,45);;/q;2*+2/p-4. The van der Waals surface area contributed by atoms with E-state index in [1.54, 1.807) is 0 Å². The topological polar surface area (TPSA) is 316 Å². The molecule has 17 nitrogen and oxygen atoms in total. The molecule has 0 bridgehead atoms. The number of rotatable bonds is 33. The predicted octanol–water partition coefficient (Wildman–Crippen LogP) is 0.642. The molecule has 0 spiro atoms. The van der Waals surface area contributed by atoms with Gasteiger partial charge in [-0.15, -0.1) is 15.8 Å². The van der Waals surface area contributed by atoms with Crippen molar-refractivity contribution in [1.82, 2.24) is 0 Å². The summed E-state index contributed by atoms with van der Waals surface area (Å²) in [6.45, 7) is -0.464. The average molecular weight is 1080 g/mol. The third-order valence-electron chi connectivity index (χ3n) is 8.35. The Morgan fingerprint density at radius 2 is 0.741 bits per heavy atom. The normalized spacial score (nSPS) is 15.9. The van der Waals surface area contributed by atoms with Crippen molar-refractivity contribution in [2.24, 2.45) is 23.7 Å². The minimum atomic E-state index is -4.59. The van der Waals surface area contributed by atoms with Crippen LogP contribution in [0.15, 0.2) is 0 Å². The molecule has 25 heteroatoms. The molecule has 0 aromatic carbocycles. The third-order valence-corrected chi connectivity index (χ3v) is 17.6. The second kappa shape index (κ2) is 31.1. The largest absolute Gasteiger partial charge is 2.00 e. The molecule has 0 heterocycles. The van der Waals surface area contributed by atoms with Gasteiger partial charge in [-0.05, 0) is 113 Å². The summed E-state index contributed by atoms with van der Waals surface area (Å²) < 4.78 is 140. The van der Waals surface area contributed by atoms with Crippen molar-refractivity contribution < 1.29 is 118 Å². The minimum Gasteiger partial charge on any atom is -0.748 e. The molecule has 3 N–H and O–H groups in total. The molecule has 0 aliphatic rings. The minimum absolute atomic E-state index is 0. The van der Waals surface area contributed by atoms with Crippen molar-refractivity contribution in [3.63, 3.8) is 0 Å². The number of carbonyl (C=O) groups is 1. The van der Waals surface area contributed by atoms with Gasteiger partial charge < -0.3 is 38.3 Å². The van der Waals surface area contributed by atoms with E-state index in [0.717, 1.165) is 18.7 Å². The smallest absolute Gasteiger partial charge is 0.748 e. The van der Waals surface area contributed by atoms with Crippen LogP contribution in [0.5, 0.6) is 0 Å². The number of hydrogen-bond acceptors (Lipinski definition) is 17. The van der Waals surface area contributed by atoms with Crippen molar-refractivity contribution in [3.8, 4) is 0 Å². The van der Waals surface area contributed by atoms with Gasteiger partial charge >= 0.3 is 46.8 Å². The number of carbonyl (C=O) groups excluding carboxylic acids is 1. The Labute approximate surface area is 352 Å². The quantitative estimate of drug-likeness (QED) is 0.0351. The first-order valence-corrected chi connectivity index (χ1v) is 27.2. The molecule has 0 saturated heterocycles. The Morgan fingerprint density at radius 3 is 0.981 bits per heavy atom. The van der Waals surface area contributed by atoms with Gasteiger partial charge in [-0.1, -0.05) is 0 Å². The van der Waals surface area contributed by atoms with Crippen LogP contribution in [0.25, 0.3) is 0 Å². The first kappa shape index (κ1) is 59.5. The number of esters is 1. The molecule has 0 aliphatic carbocycles. The molecule has 328 valence electrons. The van der Waals surface area contributed by atoms with E-state index in [2.05, 4.69) is 0 Å². The van der Waals surface area contributed by atoms with Crippen molar-refractivity contribution >= 4 is 62.3 Å². The SMILES string of the molecule is CC(=O)OCC(CCCP(CCCC(CO)CS(=O)(=O)[O-])CCCP(CCCC(CO)CS(=O)(=O)[O-])CCCC(CO)CS(=O)(=O)[O-])CS(=O)(=O)[O-].[Pd+2].[Pd+2]. The molecule has 0 rings (SSSR count). The molecule has 0 radical (unpaired) electrons. The van der Waals surface area contributed by atoms with Crippen LogP contribution in [-0.2, 0) is 90.8 Å². The maximum absolute atomic E-state index is 11.4. The van der Waals surface area contributed by atoms with E-state index in [-0.39, 0.29) is 47.5 Å². The fourth-order valence-corrected chi connectivity index (χ4v) is 14.6.